The van der Waals surface area contributed by atoms with Crippen LogP contribution < -0.4 is 0 Å². The molecule has 3 aromatic rings. The minimum atomic E-state index is -0.0286. The minimum Gasteiger partial charge on any atom is -0.346 e. The number of benzene rings is 1. The summed E-state index contributed by atoms with van der Waals surface area (Å²) in [4.78, 5) is 18.0. The van der Waals surface area contributed by atoms with Crippen molar-refractivity contribution in [3.05, 3.63) is 72.2 Å². The van der Waals surface area contributed by atoms with Gasteiger partial charge in [0, 0.05) is 43.8 Å². The smallest absolute Gasteiger partial charge is 0.246 e. The van der Waals surface area contributed by atoms with Crippen LogP contribution in [0.4, 0.5) is 0 Å². The fourth-order valence-corrected chi connectivity index (χ4v) is 2.59. The Morgan fingerprint density at radius 3 is 2.83 bits per heavy atom. The molecule has 0 atom stereocenters. The Morgan fingerprint density at radius 1 is 1.26 bits per heavy atom. The molecule has 3 rings (SSSR count). The van der Waals surface area contributed by atoms with Crippen LogP contribution in [0.25, 0.3) is 17.0 Å². The van der Waals surface area contributed by atoms with Gasteiger partial charge in [-0.2, -0.15) is 0 Å². The number of pyridine rings is 1. The molecule has 1 amide bonds. The first kappa shape index (κ1) is 15.0. The third-order valence-corrected chi connectivity index (χ3v) is 3.93. The number of para-hydroxylation sites is 1. The Hall–Kier alpha value is -2.88. The van der Waals surface area contributed by atoms with Crippen molar-refractivity contribution in [3.8, 4) is 0 Å². The van der Waals surface area contributed by atoms with Crippen LogP contribution in [-0.2, 0) is 18.4 Å². The molecule has 0 unspecified atom stereocenters. The topological polar surface area (TPSA) is 38.1 Å². The lowest BCUT2D eigenvalue weighted by atomic mass is 10.2. The Kier molecular flexibility index (Phi) is 4.24. The van der Waals surface area contributed by atoms with Gasteiger partial charge in [0.05, 0.1) is 6.54 Å². The Balaban J connectivity index is 1.72. The number of likely N-dealkylation sites (N-methyl/N-ethyl adjacent to an activating group) is 1. The minimum absolute atomic E-state index is 0.0286. The van der Waals surface area contributed by atoms with Crippen molar-refractivity contribution in [1.29, 1.82) is 0 Å². The van der Waals surface area contributed by atoms with E-state index in [4.69, 9.17) is 0 Å². The first-order valence-electron chi connectivity index (χ1n) is 7.51. The monoisotopic (exact) mass is 305 g/mol. The van der Waals surface area contributed by atoms with Crippen LogP contribution in [0.2, 0.25) is 0 Å². The summed E-state index contributed by atoms with van der Waals surface area (Å²) in [6.45, 7) is 0.571. The van der Waals surface area contributed by atoms with Gasteiger partial charge in [-0.3, -0.25) is 9.78 Å². The highest BCUT2D eigenvalue weighted by Gasteiger charge is 2.10. The van der Waals surface area contributed by atoms with Gasteiger partial charge in [-0.25, -0.2) is 0 Å². The van der Waals surface area contributed by atoms with Crippen molar-refractivity contribution in [2.75, 3.05) is 7.05 Å². The van der Waals surface area contributed by atoms with E-state index in [0.717, 1.165) is 11.3 Å². The maximum Gasteiger partial charge on any atom is 0.246 e. The number of fused-ring (bicyclic) bond motifs is 1. The van der Waals surface area contributed by atoms with Crippen molar-refractivity contribution in [2.24, 2.45) is 7.05 Å². The molecular weight excluding hydrogens is 286 g/mol. The molecule has 0 bridgehead atoms. The van der Waals surface area contributed by atoms with Crippen LogP contribution in [0, 0.1) is 0 Å². The summed E-state index contributed by atoms with van der Waals surface area (Å²) >= 11 is 0. The highest BCUT2D eigenvalue weighted by Crippen LogP contribution is 2.19. The zero-order chi connectivity index (χ0) is 16.2. The number of aromatic nitrogens is 2. The molecule has 0 saturated heterocycles. The van der Waals surface area contributed by atoms with Crippen LogP contribution >= 0.6 is 0 Å². The van der Waals surface area contributed by atoms with Gasteiger partial charge in [-0.05, 0) is 35.2 Å². The van der Waals surface area contributed by atoms with Crippen molar-refractivity contribution in [1.82, 2.24) is 14.5 Å². The van der Waals surface area contributed by atoms with Crippen LogP contribution in [0.3, 0.4) is 0 Å². The SMILES string of the molecule is CN(Cc1cc2ccccc2n1C)C(=O)C=Cc1cccnc1. The molecule has 2 aromatic heterocycles. The average Bonchev–Trinajstić information content (AvgIpc) is 2.90. The Labute approximate surface area is 135 Å². The first-order valence-corrected chi connectivity index (χ1v) is 7.51. The van der Waals surface area contributed by atoms with E-state index in [9.17, 15) is 4.79 Å². The van der Waals surface area contributed by atoms with Gasteiger partial charge in [0.25, 0.3) is 0 Å². The molecule has 4 heteroatoms. The third-order valence-electron chi connectivity index (χ3n) is 3.93. The van der Waals surface area contributed by atoms with E-state index >= 15 is 0 Å². The molecule has 0 fully saturated rings. The van der Waals surface area contributed by atoms with Gasteiger partial charge < -0.3 is 9.47 Å². The molecule has 0 aliphatic rings. The fraction of sp³-hybridized carbons (Fsp3) is 0.158. The molecule has 2 heterocycles. The van der Waals surface area contributed by atoms with Crippen molar-refractivity contribution in [2.45, 2.75) is 6.54 Å². The fourth-order valence-electron chi connectivity index (χ4n) is 2.59. The second-order valence-corrected chi connectivity index (χ2v) is 5.57. The number of carbonyl (C=O) groups is 1. The number of hydrogen-bond acceptors (Lipinski definition) is 2. The van der Waals surface area contributed by atoms with Crippen molar-refractivity contribution in [3.63, 3.8) is 0 Å². The van der Waals surface area contributed by atoms with Gasteiger partial charge in [0.2, 0.25) is 5.91 Å². The van der Waals surface area contributed by atoms with Gasteiger partial charge >= 0.3 is 0 Å². The maximum absolute atomic E-state index is 12.3. The summed E-state index contributed by atoms with van der Waals surface area (Å²) in [7, 11) is 3.84. The zero-order valence-electron chi connectivity index (χ0n) is 13.3. The molecule has 0 aliphatic heterocycles. The van der Waals surface area contributed by atoms with Crippen LogP contribution in [0.1, 0.15) is 11.3 Å². The quantitative estimate of drug-likeness (QED) is 0.694. The molecule has 0 aliphatic carbocycles. The molecule has 0 saturated carbocycles. The van der Waals surface area contributed by atoms with Gasteiger partial charge in [-0.1, -0.05) is 24.3 Å². The van der Waals surface area contributed by atoms with Gasteiger partial charge in [-0.15, -0.1) is 0 Å². The molecular formula is C19H19N3O. The number of aryl methyl sites for hydroxylation is 1. The summed E-state index contributed by atoms with van der Waals surface area (Å²) in [5.74, 6) is -0.0286. The van der Waals surface area contributed by atoms with E-state index in [-0.39, 0.29) is 5.91 Å². The van der Waals surface area contributed by atoms with E-state index in [1.165, 1.54) is 10.9 Å². The lowest BCUT2D eigenvalue weighted by Gasteiger charge is -2.15. The summed E-state index contributed by atoms with van der Waals surface area (Å²) < 4.78 is 2.13. The van der Waals surface area contributed by atoms with E-state index in [0.29, 0.717) is 6.54 Å². The predicted molar refractivity (Wildman–Crippen MR) is 92.7 cm³/mol. The number of hydrogen-bond donors (Lipinski definition) is 0. The van der Waals surface area contributed by atoms with Gasteiger partial charge in [0.15, 0.2) is 0 Å². The molecule has 1 aromatic carbocycles. The highest BCUT2D eigenvalue weighted by molar-refractivity contribution is 5.91. The van der Waals surface area contributed by atoms with Gasteiger partial charge in [0.1, 0.15) is 0 Å². The van der Waals surface area contributed by atoms with Crippen LogP contribution in [-0.4, -0.2) is 27.4 Å². The first-order chi connectivity index (χ1) is 11.1. The Morgan fingerprint density at radius 2 is 2.09 bits per heavy atom. The summed E-state index contributed by atoms with van der Waals surface area (Å²) in [6.07, 6.45) is 6.81. The zero-order valence-corrected chi connectivity index (χ0v) is 13.3. The maximum atomic E-state index is 12.3. The highest BCUT2D eigenvalue weighted by atomic mass is 16.2. The van der Waals surface area contributed by atoms with Crippen LogP contribution in [0.15, 0.2) is 60.9 Å². The second-order valence-electron chi connectivity index (χ2n) is 5.57. The number of rotatable bonds is 4. The molecule has 116 valence electrons. The molecule has 23 heavy (non-hydrogen) atoms. The largest absolute Gasteiger partial charge is 0.346 e. The van der Waals surface area contributed by atoms with Crippen molar-refractivity contribution < 1.29 is 4.79 Å². The van der Waals surface area contributed by atoms with E-state index < -0.39 is 0 Å². The predicted octanol–water partition coefficient (Wildman–Crippen LogP) is 3.25. The van der Waals surface area contributed by atoms with E-state index in [1.807, 2.05) is 38.4 Å². The molecule has 0 spiro atoms. The number of carbonyl (C=O) groups excluding carboxylic acids is 1. The van der Waals surface area contributed by atoms with Crippen molar-refractivity contribution >= 4 is 22.9 Å². The lowest BCUT2D eigenvalue weighted by Crippen LogP contribution is -2.25. The molecule has 0 N–H and O–H groups in total. The summed E-state index contributed by atoms with van der Waals surface area (Å²) in [6, 6.07) is 14.1. The summed E-state index contributed by atoms with van der Waals surface area (Å²) in [5.41, 5.74) is 3.20. The standard InChI is InChI=1S/C19H19N3O/c1-21(19(23)10-9-15-6-5-11-20-13-15)14-17-12-16-7-3-4-8-18(16)22(17)2/h3-13H,14H2,1-2H3. The number of amides is 1. The normalized spacial score (nSPS) is 11.2. The van der Waals surface area contributed by atoms with Crippen LogP contribution in [0.5, 0.6) is 0 Å². The lowest BCUT2D eigenvalue weighted by molar-refractivity contribution is -0.125. The second kappa shape index (κ2) is 6.48. The van der Waals surface area contributed by atoms with E-state index in [1.54, 1.807) is 29.4 Å². The van der Waals surface area contributed by atoms with E-state index in [2.05, 4.69) is 27.8 Å². The third kappa shape index (κ3) is 3.31. The Bertz CT molecular complexity index is 849. The average molecular weight is 305 g/mol. The number of nitrogens with zero attached hydrogens (tertiary/aromatic N) is 3. The molecule has 4 nitrogen and oxygen atoms in total. The molecule has 0 radical (unpaired) electrons. The summed E-state index contributed by atoms with van der Waals surface area (Å²) in [5, 5.41) is 1.19.